The number of rotatable bonds is 6. The highest BCUT2D eigenvalue weighted by molar-refractivity contribution is 5.70. The van der Waals surface area contributed by atoms with E-state index in [2.05, 4.69) is 16.3 Å². The average molecular weight is 330 g/mol. The molecule has 24 heavy (non-hydrogen) atoms. The normalized spacial score (nSPS) is 15.3. The number of para-hydroxylation sites is 3. The zero-order valence-corrected chi connectivity index (χ0v) is 13.6. The number of benzene rings is 2. The predicted octanol–water partition coefficient (Wildman–Crippen LogP) is 3.28. The lowest BCUT2D eigenvalue weighted by Crippen LogP contribution is -2.36. The lowest BCUT2D eigenvalue weighted by atomic mass is 10.1. The van der Waals surface area contributed by atoms with Crippen molar-refractivity contribution >= 4 is 11.4 Å². The van der Waals surface area contributed by atoms with E-state index in [0.717, 1.165) is 37.3 Å². The Bertz CT molecular complexity index is 657. The zero-order chi connectivity index (χ0) is 16.8. The predicted molar refractivity (Wildman–Crippen MR) is 94.3 cm³/mol. The van der Waals surface area contributed by atoms with Crippen molar-refractivity contribution in [3.63, 3.8) is 0 Å². The van der Waals surface area contributed by atoms with Crippen LogP contribution in [0.3, 0.4) is 0 Å². The summed E-state index contributed by atoms with van der Waals surface area (Å²) in [6.45, 7) is 2.67. The van der Waals surface area contributed by atoms with Crippen molar-refractivity contribution in [2.75, 3.05) is 36.5 Å². The number of halogens is 1. The van der Waals surface area contributed by atoms with Crippen LogP contribution < -0.4 is 15.0 Å². The van der Waals surface area contributed by atoms with Gasteiger partial charge in [0.15, 0.2) is 11.6 Å². The van der Waals surface area contributed by atoms with Crippen molar-refractivity contribution in [3.8, 4) is 5.75 Å². The second-order valence-corrected chi connectivity index (χ2v) is 5.94. The lowest BCUT2D eigenvalue weighted by Gasteiger charge is -2.33. The first kappa shape index (κ1) is 16.6. The Morgan fingerprint density at radius 1 is 1.08 bits per heavy atom. The van der Waals surface area contributed by atoms with E-state index in [9.17, 15) is 9.50 Å². The van der Waals surface area contributed by atoms with Crippen LogP contribution in [0.15, 0.2) is 48.5 Å². The number of aliphatic hydroxyl groups excluding tert-OH is 1. The summed E-state index contributed by atoms with van der Waals surface area (Å²) in [7, 11) is 0. The van der Waals surface area contributed by atoms with Crippen LogP contribution in [0, 0.1) is 5.82 Å². The number of nitrogens with one attached hydrogen (secondary N) is 1. The fourth-order valence-electron chi connectivity index (χ4n) is 2.91. The first-order valence-electron chi connectivity index (χ1n) is 8.37. The van der Waals surface area contributed by atoms with Gasteiger partial charge in [-0.15, -0.1) is 0 Å². The Balaban J connectivity index is 1.55. The summed E-state index contributed by atoms with van der Waals surface area (Å²) >= 11 is 0. The molecule has 1 heterocycles. The maximum Gasteiger partial charge on any atom is 0.165 e. The van der Waals surface area contributed by atoms with E-state index >= 15 is 0 Å². The monoisotopic (exact) mass is 330 g/mol. The van der Waals surface area contributed by atoms with Gasteiger partial charge in [-0.2, -0.15) is 0 Å². The van der Waals surface area contributed by atoms with Crippen molar-refractivity contribution in [1.29, 1.82) is 0 Å². The SMILES string of the molecule is OC1CCN(c2ccccc2NCCOc2ccccc2F)CC1. The molecule has 0 unspecified atom stereocenters. The Morgan fingerprint density at radius 2 is 1.79 bits per heavy atom. The van der Waals surface area contributed by atoms with Gasteiger partial charge in [0, 0.05) is 19.6 Å². The molecule has 1 saturated heterocycles. The first-order valence-corrected chi connectivity index (χ1v) is 8.37. The number of ether oxygens (including phenoxy) is 1. The molecule has 2 aromatic carbocycles. The van der Waals surface area contributed by atoms with Crippen LogP contribution in [0.1, 0.15) is 12.8 Å². The molecule has 3 rings (SSSR count). The highest BCUT2D eigenvalue weighted by Crippen LogP contribution is 2.28. The molecule has 0 amide bonds. The molecule has 0 spiro atoms. The van der Waals surface area contributed by atoms with Crippen LogP contribution in [-0.4, -0.2) is 37.5 Å². The fourth-order valence-corrected chi connectivity index (χ4v) is 2.91. The van der Waals surface area contributed by atoms with Gasteiger partial charge in [-0.05, 0) is 37.1 Å². The summed E-state index contributed by atoms with van der Waals surface area (Å²) in [6.07, 6.45) is 1.41. The van der Waals surface area contributed by atoms with Crippen LogP contribution >= 0.6 is 0 Å². The highest BCUT2D eigenvalue weighted by Gasteiger charge is 2.18. The summed E-state index contributed by atoms with van der Waals surface area (Å²) in [5.74, 6) is -0.0672. The molecule has 0 aliphatic carbocycles. The Kier molecular flexibility index (Phi) is 5.54. The molecular weight excluding hydrogens is 307 g/mol. The number of nitrogens with zero attached hydrogens (tertiary/aromatic N) is 1. The van der Waals surface area contributed by atoms with E-state index in [1.165, 1.54) is 6.07 Å². The number of aliphatic hydroxyl groups is 1. The van der Waals surface area contributed by atoms with E-state index in [-0.39, 0.29) is 17.7 Å². The van der Waals surface area contributed by atoms with Crippen LogP contribution in [0.5, 0.6) is 5.75 Å². The fraction of sp³-hybridized carbons (Fsp3) is 0.368. The molecule has 1 aliphatic heterocycles. The number of piperidine rings is 1. The van der Waals surface area contributed by atoms with Crippen molar-refractivity contribution in [3.05, 3.63) is 54.3 Å². The van der Waals surface area contributed by atoms with Crippen LogP contribution in [0.25, 0.3) is 0 Å². The molecule has 4 nitrogen and oxygen atoms in total. The minimum atomic E-state index is -0.343. The van der Waals surface area contributed by atoms with E-state index in [0.29, 0.717) is 13.2 Å². The maximum atomic E-state index is 13.5. The molecule has 1 fully saturated rings. The second-order valence-electron chi connectivity index (χ2n) is 5.94. The molecule has 2 N–H and O–H groups in total. The molecule has 1 aliphatic rings. The molecule has 2 aromatic rings. The smallest absolute Gasteiger partial charge is 0.165 e. The number of hydrogen-bond donors (Lipinski definition) is 2. The van der Waals surface area contributed by atoms with Crippen molar-refractivity contribution < 1.29 is 14.2 Å². The third-order valence-electron chi connectivity index (χ3n) is 4.22. The zero-order valence-electron chi connectivity index (χ0n) is 13.6. The van der Waals surface area contributed by atoms with E-state index < -0.39 is 0 Å². The molecular formula is C19H23FN2O2. The minimum Gasteiger partial charge on any atom is -0.489 e. The molecule has 0 saturated carbocycles. The molecule has 128 valence electrons. The summed E-state index contributed by atoms with van der Waals surface area (Å²) in [5.41, 5.74) is 2.17. The Hall–Kier alpha value is -2.27. The van der Waals surface area contributed by atoms with E-state index in [1.807, 2.05) is 18.2 Å². The van der Waals surface area contributed by atoms with Gasteiger partial charge in [-0.1, -0.05) is 24.3 Å². The first-order chi connectivity index (χ1) is 11.7. The van der Waals surface area contributed by atoms with E-state index in [1.54, 1.807) is 18.2 Å². The molecule has 0 bridgehead atoms. The van der Waals surface area contributed by atoms with Gasteiger partial charge in [0.2, 0.25) is 0 Å². The standard InChI is InChI=1S/C19H23FN2O2/c20-16-5-1-4-8-19(16)24-14-11-21-17-6-2-3-7-18(17)22-12-9-15(23)10-13-22/h1-8,15,21,23H,9-14H2. The van der Waals surface area contributed by atoms with Crippen molar-refractivity contribution in [1.82, 2.24) is 0 Å². The van der Waals surface area contributed by atoms with Crippen LogP contribution in [-0.2, 0) is 0 Å². The van der Waals surface area contributed by atoms with Crippen molar-refractivity contribution in [2.24, 2.45) is 0 Å². The quantitative estimate of drug-likeness (QED) is 0.798. The van der Waals surface area contributed by atoms with Gasteiger partial charge in [0.1, 0.15) is 6.61 Å². The van der Waals surface area contributed by atoms with Crippen LogP contribution in [0.2, 0.25) is 0 Å². The molecule has 0 aromatic heterocycles. The third-order valence-corrected chi connectivity index (χ3v) is 4.22. The summed E-state index contributed by atoms with van der Waals surface area (Å²) in [4.78, 5) is 2.28. The number of hydrogen-bond acceptors (Lipinski definition) is 4. The summed E-state index contributed by atoms with van der Waals surface area (Å²) < 4.78 is 19.0. The number of anilines is 2. The molecule has 0 radical (unpaired) electrons. The average Bonchev–Trinajstić information content (AvgIpc) is 2.61. The van der Waals surface area contributed by atoms with Gasteiger partial charge < -0.3 is 20.1 Å². The van der Waals surface area contributed by atoms with Gasteiger partial charge in [-0.25, -0.2) is 4.39 Å². The second kappa shape index (κ2) is 8.02. The highest BCUT2D eigenvalue weighted by atomic mass is 19.1. The molecule has 0 atom stereocenters. The maximum absolute atomic E-state index is 13.5. The van der Waals surface area contributed by atoms with Crippen molar-refractivity contribution in [2.45, 2.75) is 18.9 Å². The third kappa shape index (κ3) is 4.17. The minimum absolute atomic E-state index is 0.185. The Labute approximate surface area is 141 Å². The molecule has 5 heteroatoms. The lowest BCUT2D eigenvalue weighted by molar-refractivity contribution is 0.145. The van der Waals surface area contributed by atoms with Crippen LogP contribution in [0.4, 0.5) is 15.8 Å². The van der Waals surface area contributed by atoms with E-state index in [4.69, 9.17) is 4.74 Å². The van der Waals surface area contributed by atoms with Gasteiger partial charge in [-0.3, -0.25) is 0 Å². The Morgan fingerprint density at radius 3 is 2.58 bits per heavy atom. The topological polar surface area (TPSA) is 44.7 Å². The van der Waals surface area contributed by atoms with Gasteiger partial charge >= 0.3 is 0 Å². The summed E-state index contributed by atoms with van der Waals surface area (Å²) in [5, 5.41) is 13.0. The van der Waals surface area contributed by atoms with Gasteiger partial charge in [0.25, 0.3) is 0 Å². The van der Waals surface area contributed by atoms with Gasteiger partial charge in [0.05, 0.1) is 17.5 Å². The summed E-state index contributed by atoms with van der Waals surface area (Å²) in [6, 6.07) is 14.5. The largest absolute Gasteiger partial charge is 0.489 e.